The number of carbonyl (C=O) groups excluding carboxylic acids is 2. The number of hydrogen-bond donors (Lipinski definition) is 0. The molecule has 6 heteroatoms. The van der Waals surface area contributed by atoms with Gasteiger partial charge in [0.25, 0.3) is 5.91 Å². The minimum atomic E-state index is -0.825. The lowest BCUT2D eigenvalue weighted by Crippen LogP contribution is -2.31. The van der Waals surface area contributed by atoms with Crippen LogP contribution in [0, 0.1) is 0 Å². The first kappa shape index (κ1) is 18.3. The molecule has 0 spiro atoms. The van der Waals surface area contributed by atoms with Crippen molar-refractivity contribution in [1.29, 1.82) is 0 Å². The van der Waals surface area contributed by atoms with Crippen molar-refractivity contribution in [1.82, 2.24) is 4.90 Å². The Balaban J connectivity index is 2.38. The number of benzene rings is 2. The predicted octanol–water partition coefficient (Wildman–Crippen LogP) is 2.69. The molecule has 0 aliphatic rings. The molecule has 0 aromatic heterocycles. The van der Waals surface area contributed by atoms with Crippen LogP contribution in [0.3, 0.4) is 0 Å². The van der Waals surface area contributed by atoms with E-state index >= 15 is 0 Å². The second-order valence-electron chi connectivity index (χ2n) is 5.50. The molecule has 2 rings (SSSR count). The van der Waals surface area contributed by atoms with E-state index in [4.69, 9.17) is 14.2 Å². The Morgan fingerprint density at radius 2 is 1.64 bits per heavy atom. The fourth-order valence-electron chi connectivity index (χ4n) is 2.26. The van der Waals surface area contributed by atoms with E-state index in [9.17, 15) is 9.59 Å². The lowest BCUT2D eigenvalue weighted by Gasteiger charge is -2.23. The third-order valence-electron chi connectivity index (χ3n) is 3.60. The Morgan fingerprint density at radius 1 is 0.960 bits per heavy atom. The molecule has 1 atom stereocenters. The molecule has 0 saturated heterocycles. The number of hydrogen-bond acceptors (Lipinski definition) is 5. The van der Waals surface area contributed by atoms with E-state index in [-0.39, 0.29) is 5.91 Å². The molecule has 0 aliphatic heterocycles. The van der Waals surface area contributed by atoms with Crippen molar-refractivity contribution in [3.8, 4) is 11.5 Å². The van der Waals surface area contributed by atoms with Gasteiger partial charge in [0.2, 0.25) is 6.10 Å². The van der Waals surface area contributed by atoms with Gasteiger partial charge >= 0.3 is 5.97 Å². The van der Waals surface area contributed by atoms with Gasteiger partial charge in [-0.1, -0.05) is 30.3 Å². The summed E-state index contributed by atoms with van der Waals surface area (Å²) in [6.45, 7) is 0. The van der Waals surface area contributed by atoms with Crippen molar-refractivity contribution in [2.24, 2.45) is 0 Å². The fraction of sp³-hybridized carbons (Fsp3) is 0.263. The Hall–Kier alpha value is -3.02. The summed E-state index contributed by atoms with van der Waals surface area (Å²) in [7, 11) is 6.10. The first-order chi connectivity index (χ1) is 12.0. The van der Waals surface area contributed by atoms with Gasteiger partial charge in [-0.2, -0.15) is 0 Å². The van der Waals surface area contributed by atoms with Crippen molar-refractivity contribution in [2.75, 3.05) is 28.3 Å². The van der Waals surface area contributed by atoms with E-state index in [1.54, 1.807) is 26.2 Å². The maximum Gasteiger partial charge on any atom is 0.337 e. The van der Waals surface area contributed by atoms with Crippen molar-refractivity contribution in [3.05, 3.63) is 59.7 Å². The van der Waals surface area contributed by atoms with Gasteiger partial charge in [0.15, 0.2) is 11.5 Å². The summed E-state index contributed by atoms with van der Waals surface area (Å²) < 4.78 is 15.9. The zero-order valence-corrected chi connectivity index (χ0v) is 14.7. The highest BCUT2D eigenvalue weighted by Crippen LogP contribution is 2.33. The lowest BCUT2D eigenvalue weighted by atomic mass is 10.1. The van der Waals surface area contributed by atoms with Crippen LogP contribution in [0.25, 0.3) is 0 Å². The summed E-state index contributed by atoms with van der Waals surface area (Å²) in [5.41, 5.74) is 1.06. The smallest absolute Gasteiger partial charge is 0.337 e. The van der Waals surface area contributed by atoms with Crippen LogP contribution < -0.4 is 9.47 Å². The average molecular weight is 343 g/mol. The van der Waals surface area contributed by atoms with Gasteiger partial charge in [-0.25, -0.2) is 4.79 Å². The molecular weight excluding hydrogens is 322 g/mol. The Bertz CT molecular complexity index is 743. The van der Waals surface area contributed by atoms with Gasteiger partial charge in [-0.05, 0) is 18.2 Å². The van der Waals surface area contributed by atoms with Crippen molar-refractivity contribution in [2.45, 2.75) is 6.10 Å². The summed E-state index contributed by atoms with van der Waals surface area (Å²) in [6.07, 6.45) is -0.825. The summed E-state index contributed by atoms with van der Waals surface area (Å²) in [4.78, 5) is 25.7. The SMILES string of the molecule is COC(=O)c1ccc(OC(C(=O)N(C)C)c2ccccc2)c(OC)c1. The molecule has 25 heavy (non-hydrogen) atoms. The highest BCUT2D eigenvalue weighted by Gasteiger charge is 2.25. The molecule has 1 amide bonds. The predicted molar refractivity (Wildman–Crippen MR) is 92.8 cm³/mol. The first-order valence-corrected chi connectivity index (χ1v) is 7.67. The van der Waals surface area contributed by atoms with E-state index < -0.39 is 12.1 Å². The van der Waals surface area contributed by atoms with Crippen LogP contribution in [0.4, 0.5) is 0 Å². The normalized spacial score (nSPS) is 11.4. The second-order valence-corrected chi connectivity index (χ2v) is 5.50. The van der Waals surface area contributed by atoms with Gasteiger partial charge < -0.3 is 19.1 Å². The number of rotatable bonds is 6. The molecule has 1 unspecified atom stereocenters. The molecule has 2 aromatic rings. The summed E-state index contributed by atoms with van der Waals surface area (Å²) >= 11 is 0. The molecule has 2 aromatic carbocycles. The van der Waals surface area contributed by atoms with Crippen molar-refractivity contribution >= 4 is 11.9 Å². The van der Waals surface area contributed by atoms with Crippen LogP contribution in [0.1, 0.15) is 22.0 Å². The van der Waals surface area contributed by atoms with Crippen LogP contribution in [0.15, 0.2) is 48.5 Å². The number of ether oxygens (including phenoxy) is 3. The maximum atomic E-state index is 12.6. The largest absolute Gasteiger partial charge is 0.493 e. The molecule has 0 N–H and O–H groups in total. The van der Waals surface area contributed by atoms with Crippen LogP contribution in [-0.2, 0) is 9.53 Å². The average Bonchev–Trinajstić information content (AvgIpc) is 2.65. The molecule has 6 nitrogen and oxygen atoms in total. The fourth-order valence-corrected chi connectivity index (χ4v) is 2.26. The molecule has 132 valence electrons. The minimum Gasteiger partial charge on any atom is -0.493 e. The third-order valence-corrected chi connectivity index (χ3v) is 3.60. The van der Waals surface area contributed by atoms with Crippen molar-refractivity contribution in [3.63, 3.8) is 0 Å². The Kier molecular flexibility index (Phi) is 6.00. The van der Waals surface area contributed by atoms with E-state index in [0.717, 1.165) is 5.56 Å². The van der Waals surface area contributed by atoms with E-state index in [0.29, 0.717) is 17.1 Å². The lowest BCUT2D eigenvalue weighted by molar-refractivity contribution is -0.136. The number of nitrogens with zero attached hydrogens (tertiary/aromatic N) is 1. The van der Waals surface area contributed by atoms with Gasteiger partial charge in [0.05, 0.1) is 19.8 Å². The molecule has 0 heterocycles. The van der Waals surface area contributed by atoms with E-state index in [1.165, 1.54) is 25.2 Å². The Labute approximate surface area is 146 Å². The van der Waals surface area contributed by atoms with Crippen molar-refractivity contribution < 1.29 is 23.8 Å². The third kappa shape index (κ3) is 4.29. The quantitative estimate of drug-likeness (QED) is 0.755. The van der Waals surface area contributed by atoms with Gasteiger partial charge in [0, 0.05) is 19.7 Å². The standard InChI is InChI=1S/C19H21NO5/c1-20(2)18(21)17(13-8-6-5-7-9-13)25-15-11-10-14(19(22)24-4)12-16(15)23-3/h5-12,17H,1-4H3. The number of esters is 1. The summed E-state index contributed by atoms with van der Waals surface area (Å²) in [6, 6.07) is 13.9. The molecule has 0 bridgehead atoms. The van der Waals surface area contributed by atoms with Crippen LogP contribution in [0.5, 0.6) is 11.5 Å². The molecule has 0 fully saturated rings. The number of likely N-dealkylation sites (N-methyl/N-ethyl adjacent to an activating group) is 1. The number of carbonyl (C=O) groups is 2. The highest BCUT2D eigenvalue weighted by molar-refractivity contribution is 5.90. The molecule has 0 aliphatic carbocycles. The first-order valence-electron chi connectivity index (χ1n) is 7.67. The maximum absolute atomic E-state index is 12.6. The summed E-state index contributed by atoms with van der Waals surface area (Å²) in [5, 5.41) is 0. The molecule has 0 radical (unpaired) electrons. The molecule has 0 saturated carbocycles. The van der Waals surface area contributed by atoms with E-state index in [2.05, 4.69) is 0 Å². The second kappa shape index (κ2) is 8.19. The Morgan fingerprint density at radius 3 is 2.20 bits per heavy atom. The zero-order chi connectivity index (χ0) is 18.4. The highest BCUT2D eigenvalue weighted by atomic mass is 16.5. The van der Waals surface area contributed by atoms with E-state index in [1.807, 2.05) is 30.3 Å². The number of amides is 1. The van der Waals surface area contributed by atoms with Crippen LogP contribution in [-0.4, -0.2) is 45.1 Å². The molecular formula is C19H21NO5. The monoisotopic (exact) mass is 343 g/mol. The van der Waals surface area contributed by atoms with Crippen LogP contribution in [0.2, 0.25) is 0 Å². The minimum absolute atomic E-state index is 0.203. The topological polar surface area (TPSA) is 65.1 Å². The van der Waals surface area contributed by atoms with Gasteiger partial charge in [-0.3, -0.25) is 4.79 Å². The number of methoxy groups -OCH3 is 2. The zero-order valence-electron chi connectivity index (χ0n) is 14.7. The van der Waals surface area contributed by atoms with Gasteiger partial charge in [0.1, 0.15) is 0 Å². The summed E-state index contributed by atoms with van der Waals surface area (Å²) in [5.74, 6) is 0.0220. The van der Waals surface area contributed by atoms with Gasteiger partial charge in [-0.15, -0.1) is 0 Å². The van der Waals surface area contributed by atoms with Crippen LogP contribution >= 0.6 is 0 Å².